The Bertz CT molecular complexity index is 302. The first-order chi connectivity index (χ1) is 6.08. The smallest absolute Gasteiger partial charge is 0.236 e. The van der Waals surface area contributed by atoms with Crippen LogP contribution >= 0.6 is 0 Å². The normalized spacial score (nSPS) is 9.69. The number of nitrogens with zero attached hydrogens (tertiary/aromatic N) is 1. The van der Waals surface area contributed by atoms with Crippen LogP contribution in [0.3, 0.4) is 0 Å². The Hall–Kier alpha value is -1.58. The van der Waals surface area contributed by atoms with Gasteiger partial charge in [-0.3, -0.25) is 9.78 Å². The Kier molecular flexibility index (Phi) is 2.84. The summed E-state index contributed by atoms with van der Waals surface area (Å²) in [4.78, 5) is 14.7. The Morgan fingerprint density at radius 2 is 2.00 bits per heavy atom. The number of aromatic nitrogens is 1. The fraction of sp³-hybridized carbons (Fsp3) is 0.333. The molecule has 0 atom stereocenters. The number of anilines is 1. The third-order valence-corrected chi connectivity index (χ3v) is 1.55. The first-order valence-corrected chi connectivity index (χ1v) is 4.05. The minimum atomic E-state index is -0.368. The van der Waals surface area contributed by atoms with Crippen molar-refractivity contribution in [1.82, 2.24) is 4.98 Å². The maximum atomic E-state index is 10.5. The van der Waals surface area contributed by atoms with Gasteiger partial charge >= 0.3 is 0 Å². The molecular weight excluding hydrogens is 166 g/mol. The van der Waals surface area contributed by atoms with Crippen LogP contribution in [0.25, 0.3) is 0 Å². The molecule has 13 heavy (non-hydrogen) atoms. The van der Waals surface area contributed by atoms with Crippen molar-refractivity contribution in [1.29, 1.82) is 0 Å². The van der Waals surface area contributed by atoms with Crippen LogP contribution in [0.5, 0.6) is 0 Å². The Morgan fingerprint density at radius 1 is 1.46 bits per heavy atom. The summed E-state index contributed by atoms with van der Waals surface area (Å²) >= 11 is 0. The largest absolute Gasteiger partial charge is 0.376 e. The molecule has 0 fully saturated rings. The molecule has 1 rings (SSSR count). The van der Waals surface area contributed by atoms with Crippen molar-refractivity contribution in [3.05, 3.63) is 23.5 Å². The summed E-state index contributed by atoms with van der Waals surface area (Å²) < 4.78 is 0. The zero-order valence-electron chi connectivity index (χ0n) is 7.79. The number of primary amides is 1. The molecule has 0 spiro atoms. The molecule has 3 N–H and O–H groups in total. The quantitative estimate of drug-likeness (QED) is 0.713. The predicted molar refractivity (Wildman–Crippen MR) is 51.4 cm³/mol. The number of amides is 1. The van der Waals surface area contributed by atoms with Crippen molar-refractivity contribution in [2.24, 2.45) is 5.73 Å². The zero-order chi connectivity index (χ0) is 9.84. The van der Waals surface area contributed by atoms with Crippen LogP contribution in [0.4, 0.5) is 5.69 Å². The van der Waals surface area contributed by atoms with Gasteiger partial charge in [-0.2, -0.15) is 0 Å². The van der Waals surface area contributed by atoms with Crippen molar-refractivity contribution in [3.63, 3.8) is 0 Å². The molecule has 1 aromatic heterocycles. The summed E-state index contributed by atoms with van der Waals surface area (Å²) in [5, 5.41) is 2.91. The predicted octanol–water partition coefficient (Wildman–Crippen LogP) is 0.596. The number of nitrogens with one attached hydrogen (secondary N) is 1. The van der Waals surface area contributed by atoms with Crippen LogP contribution in [-0.4, -0.2) is 17.4 Å². The fourth-order valence-corrected chi connectivity index (χ4v) is 1.13. The highest BCUT2D eigenvalue weighted by Crippen LogP contribution is 2.09. The van der Waals surface area contributed by atoms with Gasteiger partial charge < -0.3 is 11.1 Å². The number of aryl methyl sites for hydroxylation is 2. The average molecular weight is 179 g/mol. The maximum Gasteiger partial charge on any atom is 0.236 e. The van der Waals surface area contributed by atoms with Gasteiger partial charge in [-0.25, -0.2) is 0 Å². The summed E-state index contributed by atoms with van der Waals surface area (Å²) in [6, 6.07) is 3.74. The maximum absolute atomic E-state index is 10.5. The monoisotopic (exact) mass is 179 g/mol. The molecule has 0 saturated heterocycles. The summed E-state index contributed by atoms with van der Waals surface area (Å²) in [5.41, 5.74) is 7.72. The molecule has 0 bridgehead atoms. The number of rotatable bonds is 3. The third-order valence-electron chi connectivity index (χ3n) is 1.55. The van der Waals surface area contributed by atoms with Crippen molar-refractivity contribution in [3.8, 4) is 0 Å². The molecule has 0 aliphatic heterocycles. The van der Waals surface area contributed by atoms with E-state index in [9.17, 15) is 4.79 Å². The lowest BCUT2D eigenvalue weighted by Crippen LogP contribution is -2.21. The van der Waals surface area contributed by atoms with E-state index >= 15 is 0 Å². The van der Waals surface area contributed by atoms with E-state index in [0.717, 1.165) is 17.1 Å². The van der Waals surface area contributed by atoms with Crippen LogP contribution in [-0.2, 0) is 4.79 Å². The molecule has 70 valence electrons. The van der Waals surface area contributed by atoms with Crippen LogP contribution in [0.1, 0.15) is 11.4 Å². The number of carbonyl (C=O) groups excluding carboxylic acids is 1. The van der Waals surface area contributed by atoms with Gasteiger partial charge in [0.2, 0.25) is 5.91 Å². The van der Waals surface area contributed by atoms with Gasteiger partial charge in [0.15, 0.2) is 0 Å². The number of nitrogens with two attached hydrogens (primary N) is 1. The SMILES string of the molecule is Cc1cc(NCC(N)=O)cc(C)n1. The number of pyridine rings is 1. The molecule has 4 nitrogen and oxygen atoms in total. The van der Waals surface area contributed by atoms with Crippen molar-refractivity contribution >= 4 is 11.6 Å². The van der Waals surface area contributed by atoms with Crippen molar-refractivity contribution in [2.45, 2.75) is 13.8 Å². The first-order valence-electron chi connectivity index (χ1n) is 4.05. The van der Waals surface area contributed by atoms with Gasteiger partial charge in [-0.1, -0.05) is 0 Å². The number of hydrogen-bond acceptors (Lipinski definition) is 3. The van der Waals surface area contributed by atoms with E-state index in [1.165, 1.54) is 0 Å². The van der Waals surface area contributed by atoms with Crippen molar-refractivity contribution < 1.29 is 4.79 Å². The highest BCUT2D eigenvalue weighted by atomic mass is 16.1. The van der Waals surface area contributed by atoms with Crippen LogP contribution in [0.2, 0.25) is 0 Å². The standard InChI is InChI=1S/C9H13N3O/c1-6-3-8(4-7(2)12-6)11-5-9(10)13/h3-4H,5H2,1-2H3,(H2,10,13)(H,11,12). The molecule has 1 aromatic rings. The molecular formula is C9H13N3O. The summed E-state index contributed by atoms with van der Waals surface area (Å²) in [6.45, 7) is 3.97. The Labute approximate surface area is 77.2 Å². The van der Waals surface area contributed by atoms with Gasteiger partial charge in [0.25, 0.3) is 0 Å². The molecule has 0 saturated carbocycles. The second-order valence-electron chi connectivity index (χ2n) is 2.96. The number of hydrogen-bond donors (Lipinski definition) is 2. The first kappa shape index (κ1) is 9.51. The summed E-state index contributed by atoms with van der Waals surface area (Å²) in [7, 11) is 0. The molecule has 0 radical (unpaired) electrons. The Morgan fingerprint density at radius 3 is 2.46 bits per heavy atom. The Balaban J connectivity index is 2.71. The average Bonchev–Trinajstić information content (AvgIpc) is 1.99. The molecule has 0 aliphatic rings. The van der Waals surface area contributed by atoms with Crippen LogP contribution < -0.4 is 11.1 Å². The van der Waals surface area contributed by atoms with E-state index in [-0.39, 0.29) is 12.5 Å². The molecule has 1 amide bonds. The molecule has 1 heterocycles. The number of carbonyl (C=O) groups is 1. The second-order valence-corrected chi connectivity index (χ2v) is 2.96. The van der Waals surface area contributed by atoms with Gasteiger partial charge in [0.05, 0.1) is 6.54 Å². The topological polar surface area (TPSA) is 68.0 Å². The lowest BCUT2D eigenvalue weighted by Gasteiger charge is -2.05. The molecule has 0 unspecified atom stereocenters. The van der Waals surface area contributed by atoms with E-state index in [4.69, 9.17) is 5.73 Å². The van der Waals surface area contributed by atoms with Crippen LogP contribution in [0, 0.1) is 13.8 Å². The highest BCUT2D eigenvalue weighted by molar-refractivity contribution is 5.78. The van der Waals surface area contributed by atoms with E-state index in [2.05, 4.69) is 10.3 Å². The van der Waals surface area contributed by atoms with Crippen molar-refractivity contribution in [2.75, 3.05) is 11.9 Å². The minimum Gasteiger partial charge on any atom is -0.376 e. The molecule has 0 aliphatic carbocycles. The summed E-state index contributed by atoms with van der Waals surface area (Å²) in [5.74, 6) is -0.368. The van der Waals surface area contributed by atoms with Gasteiger partial charge in [-0.15, -0.1) is 0 Å². The van der Waals surface area contributed by atoms with Gasteiger partial charge in [0, 0.05) is 17.1 Å². The summed E-state index contributed by atoms with van der Waals surface area (Å²) in [6.07, 6.45) is 0. The molecule has 0 aromatic carbocycles. The van der Waals surface area contributed by atoms with E-state index in [0.29, 0.717) is 0 Å². The lowest BCUT2D eigenvalue weighted by molar-refractivity contribution is -0.116. The van der Waals surface area contributed by atoms with E-state index < -0.39 is 0 Å². The fourth-order valence-electron chi connectivity index (χ4n) is 1.13. The second kappa shape index (κ2) is 3.89. The van der Waals surface area contributed by atoms with E-state index in [1.54, 1.807) is 0 Å². The molecule has 4 heteroatoms. The third kappa shape index (κ3) is 3.11. The highest BCUT2D eigenvalue weighted by Gasteiger charge is 1.97. The zero-order valence-corrected chi connectivity index (χ0v) is 7.79. The van der Waals surface area contributed by atoms with Gasteiger partial charge in [0.1, 0.15) is 0 Å². The van der Waals surface area contributed by atoms with E-state index in [1.807, 2.05) is 26.0 Å². The minimum absolute atomic E-state index is 0.156. The van der Waals surface area contributed by atoms with Crippen LogP contribution in [0.15, 0.2) is 12.1 Å². The lowest BCUT2D eigenvalue weighted by atomic mass is 10.3. The van der Waals surface area contributed by atoms with Gasteiger partial charge in [-0.05, 0) is 26.0 Å².